The molecule has 0 atom stereocenters. The number of H-pyrrole nitrogens is 1. The lowest BCUT2D eigenvalue weighted by Gasteiger charge is -1.93. The predicted molar refractivity (Wildman–Crippen MR) is 65.9 cm³/mol. The van der Waals surface area contributed by atoms with E-state index in [-0.39, 0.29) is 5.56 Å². The molecule has 0 saturated heterocycles. The summed E-state index contributed by atoms with van der Waals surface area (Å²) in [6.45, 7) is 0. The van der Waals surface area contributed by atoms with Crippen molar-refractivity contribution in [3.8, 4) is 21.8 Å². The van der Waals surface area contributed by atoms with Gasteiger partial charge in [0.2, 0.25) is 0 Å². The molecule has 0 aromatic carbocycles. The van der Waals surface area contributed by atoms with Crippen LogP contribution in [0.3, 0.4) is 0 Å². The van der Waals surface area contributed by atoms with Gasteiger partial charge in [0.1, 0.15) is 11.3 Å². The van der Waals surface area contributed by atoms with Crippen molar-refractivity contribution in [2.24, 2.45) is 0 Å². The monoisotopic (exact) mass is 244 g/mol. The normalized spacial score (nSPS) is 10.6. The second-order valence-electron chi connectivity index (χ2n) is 3.46. The summed E-state index contributed by atoms with van der Waals surface area (Å²) < 4.78 is 5.01. The van der Waals surface area contributed by atoms with Crippen LogP contribution in [0.15, 0.2) is 51.5 Å². The lowest BCUT2D eigenvalue weighted by molar-refractivity contribution is 0.568. The molecular weight excluding hydrogens is 236 g/mol. The van der Waals surface area contributed by atoms with Crippen LogP contribution >= 0.6 is 11.3 Å². The molecule has 0 bridgehead atoms. The highest BCUT2D eigenvalue weighted by Gasteiger charge is 2.09. The Labute approximate surface area is 101 Å². The van der Waals surface area contributed by atoms with Crippen molar-refractivity contribution in [1.29, 1.82) is 0 Å². The summed E-state index contributed by atoms with van der Waals surface area (Å²) in [5.41, 5.74) is 2.07. The highest BCUT2D eigenvalue weighted by molar-refractivity contribution is 7.13. The number of nitrogens with one attached hydrogen (secondary N) is 1. The maximum absolute atomic E-state index is 11.6. The molecule has 1 N–H and O–H groups in total. The minimum atomic E-state index is -0.128. The third-order valence-corrected chi connectivity index (χ3v) is 3.26. The van der Waals surface area contributed by atoms with Gasteiger partial charge < -0.3 is 9.40 Å². The van der Waals surface area contributed by atoms with Crippen LogP contribution in [0.25, 0.3) is 21.8 Å². The average Bonchev–Trinajstić information content (AvgIpc) is 3.00. The molecule has 84 valence electrons. The fourth-order valence-electron chi connectivity index (χ4n) is 1.54. The van der Waals surface area contributed by atoms with Gasteiger partial charge in [0.15, 0.2) is 0 Å². The zero-order chi connectivity index (χ0) is 11.7. The molecule has 5 heteroatoms. The Morgan fingerprint density at radius 1 is 1.35 bits per heavy atom. The number of pyridine rings is 1. The lowest BCUT2D eigenvalue weighted by Crippen LogP contribution is -2.06. The SMILES string of the molecule is O=c1[nH]cccc1-c1csc(-c2ccoc2)n1. The molecule has 17 heavy (non-hydrogen) atoms. The summed E-state index contributed by atoms with van der Waals surface area (Å²) in [4.78, 5) is 18.7. The number of furan rings is 1. The number of aromatic nitrogens is 2. The Morgan fingerprint density at radius 3 is 3.06 bits per heavy atom. The van der Waals surface area contributed by atoms with E-state index in [0.717, 1.165) is 10.6 Å². The van der Waals surface area contributed by atoms with Crippen LogP contribution in [0, 0.1) is 0 Å². The standard InChI is InChI=1S/C12H8N2O2S/c15-11-9(2-1-4-13-11)10-7-17-12(14-10)8-3-5-16-6-8/h1-7H,(H,13,15). The smallest absolute Gasteiger partial charge is 0.257 e. The third kappa shape index (κ3) is 1.81. The maximum atomic E-state index is 11.6. The van der Waals surface area contributed by atoms with Crippen molar-refractivity contribution in [1.82, 2.24) is 9.97 Å². The van der Waals surface area contributed by atoms with Crippen LogP contribution in [-0.4, -0.2) is 9.97 Å². The van der Waals surface area contributed by atoms with Gasteiger partial charge in [0.25, 0.3) is 5.56 Å². The van der Waals surface area contributed by atoms with E-state index in [1.807, 2.05) is 11.4 Å². The first kappa shape index (κ1) is 10.0. The Hall–Kier alpha value is -2.14. The molecule has 3 heterocycles. The Bertz CT molecular complexity index is 682. The summed E-state index contributed by atoms with van der Waals surface area (Å²) in [5.74, 6) is 0. The van der Waals surface area contributed by atoms with Gasteiger partial charge in [-0.1, -0.05) is 0 Å². The van der Waals surface area contributed by atoms with E-state index in [1.54, 1.807) is 30.9 Å². The molecular formula is C12H8N2O2S. The minimum absolute atomic E-state index is 0.128. The fraction of sp³-hybridized carbons (Fsp3) is 0. The summed E-state index contributed by atoms with van der Waals surface area (Å²) in [5, 5.41) is 2.71. The fourth-order valence-corrected chi connectivity index (χ4v) is 2.35. The van der Waals surface area contributed by atoms with Crippen molar-refractivity contribution in [3.63, 3.8) is 0 Å². The Balaban J connectivity index is 2.07. The first-order chi connectivity index (χ1) is 8.34. The first-order valence-corrected chi connectivity index (χ1v) is 5.89. The van der Waals surface area contributed by atoms with Crippen LogP contribution in [0.1, 0.15) is 0 Å². The van der Waals surface area contributed by atoms with Gasteiger partial charge in [0.05, 0.1) is 17.5 Å². The van der Waals surface area contributed by atoms with Crippen molar-refractivity contribution in [2.45, 2.75) is 0 Å². The Morgan fingerprint density at radius 2 is 2.29 bits per heavy atom. The molecule has 3 aromatic heterocycles. The van der Waals surface area contributed by atoms with Crippen LogP contribution in [-0.2, 0) is 0 Å². The van der Waals surface area contributed by atoms with Crippen molar-refractivity contribution in [3.05, 3.63) is 52.7 Å². The molecule has 0 aliphatic rings. The van der Waals surface area contributed by atoms with E-state index in [4.69, 9.17) is 4.42 Å². The molecule has 3 rings (SSSR count). The molecule has 0 unspecified atom stereocenters. The zero-order valence-corrected chi connectivity index (χ0v) is 9.53. The molecule has 3 aromatic rings. The maximum Gasteiger partial charge on any atom is 0.257 e. The lowest BCUT2D eigenvalue weighted by atomic mass is 10.2. The van der Waals surface area contributed by atoms with Crippen molar-refractivity contribution in [2.75, 3.05) is 0 Å². The van der Waals surface area contributed by atoms with Gasteiger partial charge in [-0.2, -0.15) is 0 Å². The van der Waals surface area contributed by atoms with E-state index >= 15 is 0 Å². The van der Waals surface area contributed by atoms with Gasteiger partial charge in [-0.25, -0.2) is 4.98 Å². The topological polar surface area (TPSA) is 58.9 Å². The third-order valence-electron chi connectivity index (χ3n) is 2.37. The number of thiazole rings is 1. The van der Waals surface area contributed by atoms with E-state index in [0.29, 0.717) is 11.3 Å². The summed E-state index contributed by atoms with van der Waals surface area (Å²) in [7, 11) is 0. The second kappa shape index (κ2) is 4.03. The summed E-state index contributed by atoms with van der Waals surface area (Å²) >= 11 is 1.49. The van der Waals surface area contributed by atoms with Crippen LogP contribution in [0.4, 0.5) is 0 Å². The van der Waals surface area contributed by atoms with Crippen LogP contribution < -0.4 is 5.56 Å². The number of rotatable bonds is 2. The largest absolute Gasteiger partial charge is 0.472 e. The summed E-state index contributed by atoms with van der Waals surface area (Å²) in [6, 6.07) is 5.39. The molecule has 0 spiro atoms. The van der Waals surface area contributed by atoms with Gasteiger partial charge in [-0.05, 0) is 18.2 Å². The molecule has 0 amide bonds. The van der Waals surface area contributed by atoms with Gasteiger partial charge in [-0.15, -0.1) is 11.3 Å². The van der Waals surface area contributed by atoms with Gasteiger partial charge in [-0.3, -0.25) is 4.79 Å². The van der Waals surface area contributed by atoms with Crippen molar-refractivity contribution < 1.29 is 4.42 Å². The molecule has 0 aliphatic carbocycles. The number of aromatic amines is 1. The quantitative estimate of drug-likeness (QED) is 0.754. The number of nitrogens with zero attached hydrogens (tertiary/aromatic N) is 1. The van der Waals surface area contributed by atoms with E-state index < -0.39 is 0 Å². The predicted octanol–water partition coefficient (Wildman–Crippen LogP) is 2.76. The molecule has 0 fully saturated rings. The van der Waals surface area contributed by atoms with Crippen molar-refractivity contribution >= 4 is 11.3 Å². The van der Waals surface area contributed by atoms with E-state index in [9.17, 15) is 4.79 Å². The minimum Gasteiger partial charge on any atom is -0.472 e. The van der Waals surface area contributed by atoms with E-state index in [1.165, 1.54) is 11.3 Å². The summed E-state index contributed by atoms with van der Waals surface area (Å²) in [6.07, 6.45) is 4.85. The highest BCUT2D eigenvalue weighted by Crippen LogP contribution is 2.27. The highest BCUT2D eigenvalue weighted by atomic mass is 32.1. The first-order valence-electron chi connectivity index (χ1n) is 5.01. The molecule has 0 saturated carbocycles. The van der Waals surface area contributed by atoms with Gasteiger partial charge >= 0.3 is 0 Å². The molecule has 0 radical (unpaired) electrons. The van der Waals surface area contributed by atoms with Crippen LogP contribution in [0.5, 0.6) is 0 Å². The second-order valence-corrected chi connectivity index (χ2v) is 4.32. The Kier molecular flexibility index (Phi) is 2.38. The van der Waals surface area contributed by atoms with Gasteiger partial charge in [0, 0.05) is 17.1 Å². The molecule has 0 aliphatic heterocycles. The number of hydrogen-bond donors (Lipinski definition) is 1. The zero-order valence-electron chi connectivity index (χ0n) is 8.71. The average molecular weight is 244 g/mol. The molecule has 4 nitrogen and oxygen atoms in total. The van der Waals surface area contributed by atoms with E-state index in [2.05, 4.69) is 9.97 Å². The van der Waals surface area contributed by atoms with Crippen LogP contribution in [0.2, 0.25) is 0 Å². The number of hydrogen-bond acceptors (Lipinski definition) is 4.